The van der Waals surface area contributed by atoms with E-state index in [1.807, 2.05) is 30.5 Å². The number of halogens is 1. The highest BCUT2D eigenvalue weighted by Crippen LogP contribution is 2.43. The van der Waals surface area contributed by atoms with Crippen LogP contribution in [0.25, 0.3) is 0 Å². The van der Waals surface area contributed by atoms with E-state index in [1.165, 1.54) is 18.0 Å². The van der Waals surface area contributed by atoms with Crippen molar-refractivity contribution < 1.29 is 14.2 Å². The summed E-state index contributed by atoms with van der Waals surface area (Å²) < 4.78 is 22.3. The SMILES string of the molecule is CCCCN(CC)c1cc(CO)cc(SN(C)C)c1Oc1ccccc1F. The van der Waals surface area contributed by atoms with Gasteiger partial charge in [0.2, 0.25) is 0 Å². The molecule has 1 N–H and O–H groups in total. The molecule has 0 bridgehead atoms. The van der Waals surface area contributed by atoms with Crippen molar-refractivity contribution in [1.29, 1.82) is 0 Å². The summed E-state index contributed by atoms with van der Waals surface area (Å²) in [7, 11) is 3.88. The van der Waals surface area contributed by atoms with E-state index in [0.29, 0.717) is 5.75 Å². The molecular formula is C21H29FN2O2S. The first-order valence-electron chi connectivity index (χ1n) is 9.30. The molecule has 0 fully saturated rings. The number of hydrogen-bond donors (Lipinski definition) is 1. The number of aliphatic hydroxyl groups is 1. The quantitative estimate of drug-likeness (QED) is 0.555. The summed E-state index contributed by atoms with van der Waals surface area (Å²) >= 11 is 1.49. The highest BCUT2D eigenvalue weighted by molar-refractivity contribution is 7.97. The van der Waals surface area contributed by atoms with Gasteiger partial charge in [-0.3, -0.25) is 4.31 Å². The first kappa shape index (κ1) is 21.5. The van der Waals surface area contributed by atoms with Crippen LogP contribution in [0.4, 0.5) is 10.1 Å². The lowest BCUT2D eigenvalue weighted by Gasteiger charge is -2.28. The summed E-state index contributed by atoms with van der Waals surface area (Å²) in [5.74, 6) is 0.420. The fraction of sp³-hybridized carbons (Fsp3) is 0.429. The highest BCUT2D eigenvalue weighted by atomic mass is 32.2. The Bertz CT molecular complexity index is 740. The summed E-state index contributed by atoms with van der Waals surface area (Å²) in [6.45, 7) is 5.87. The molecule has 4 nitrogen and oxygen atoms in total. The second-order valence-corrected chi connectivity index (χ2v) is 7.82. The summed E-state index contributed by atoms with van der Waals surface area (Å²) in [4.78, 5) is 3.07. The van der Waals surface area contributed by atoms with Crippen molar-refractivity contribution in [1.82, 2.24) is 4.31 Å². The molecule has 6 heteroatoms. The van der Waals surface area contributed by atoms with Crippen LogP contribution in [0.15, 0.2) is 41.3 Å². The maximum Gasteiger partial charge on any atom is 0.165 e. The van der Waals surface area contributed by atoms with Crippen molar-refractivity contribution >= 4 is 17.6 Å². The molecule has 2 aromatic carbocycles. The minimum atomic E-state index is -0.396. The smallest absolute Gasteiger partial charge is 0.165 e. The molecule has 2 rings (SSSR count). The maximum absolute atomic E-state index is 14.2. The van der Waals surface area contributed by atoms with Crippen LogP contribution in [0.2, 0.25) is 0 Å². The predicted octanol–water partition coefficient (Wildman–Crippen LogP) is 5.31. The number of para-hydroxylation sites is 1. The Hall–Kier alpha value is -1.76. The van der Waals surface area contributed by atoms with Gasteiger partial charge in [0.05, 0.1) is 17.2 Å². The third kappa shape index (κ3) is 5.86. The summed E-state index contributed by atoms with van der Waals surface area (Å²) in [6, 6.07) is 10.3. The van der Waals surface area contributed by atoms with Crippen molar-refractivity contribution in [3.8, 4) is 11.5 Å². The minimum absolute atomic E-state index is 0.0563. The van der Waals surface area contributed by atoms with Crippen molar-refractivity contribution in [2.45, 2.75) is 38.2 Å². The molecule has 0 aromatic heterocycles. The predicted molar refractivity (Wildman–Crippen MR) is 111 cm³/mol. The third-order valence-electron chi connectivity index (χ3n) is 4.11. The van der Waals surface area contributed by atoms with Gasteiger partial charge in [-0.15, -0.1) is 0 Å². The average molecular weight is 393 g/mol. The Morgan fingerprint density at radius 3 is 2.48 bits per heavy atom. The molecule has 148 valence electrons. The van der Waals surface area contributed by atoms with Crippen LogP contribution >= 0.6 is 11.9 Å². The van der Waals surface area contributed by atoms with Gasteiger partial charge in [0.25, 0.3) is 0 Å². The zero-order chi connectivity index (χ0) is 19.8. The van der Waals surface area contributed by atoms with E-state index in [4.69, 9.17) is 4.74 Å². The van der Waals surface area contributed by atoms with Crippen LogP contribution in [0.1, 0.15) is 32.3 Å². The average Bonchev–Trinajstić information content (AvgIpc) is 2.65. The number of unbranched alkanes of at least 4 members (excludes halogenated alkanes) is 1. The van der Waals surface area contributed by atoms with Crippen LogP contribution in [0.5, 0.6) is 11.5 Å². The van der Waals surface area contributed by atoms with E-state index in [-0.39, 0.29) is 12.4 Å². The molecule has 27 heavy (non-hydrogen) atoms. The minimum Gasteiger partial charge on any atom is -0.451 e. The van der Waals surface area contributed by atoms with Crippen molar-refractivity contribution in [3.63, 3.8) is 0 Å². The van der Waals surface area contributed by atoms with Gasteiger partial charge >= 0.3 is 0 Å². The van der Waals surface area contributed by atoms with Gasteiger partial charge in [0.1, 0.15) is 0 Å². The summed E-state index contributed by atoms with van der Waals surface area (Å²) in [5.41, 5.74) is 1.69. The van der Waals surface area contributed by atoms with E-state index < -0.39 is 5.82 Å². The zero-order valence-electron chi connectivity index (χ0n) is 16.5. The monoisotopic (exact) mass is 392 g/mol. The van der Waals surface area contributed by atoms with Crippen molar-refractivity contribution in [2.24, 2.45) is 0 Å². The number of anilines is 1. The molecule has 2 aromatic rings. The number of ether oxygens (including phenoxy) is 1. The topological polar surface area (TPSA) is 35.9 Å². The molecule has 0 saturated carbocycles. The lowest BCUT2D eigenvalue weighted by atomic mass is 10.1. The van der Waals surface area contributed by atoms with E-state index in [9.17, 15) is 9.50 Å². The molecule has 0 aliphatic carbocycles. The second-order valence-electron chi connectivity index (χ2n) is 6.47. The molecule has 0 heterocycles. The molecule has 0 aliphatic rings. The normalized spacial score (nSPS) is 11.1. The first-order chi connectivity index (χ1) is 13.0. The van der Waals surface area contributed by atoms with Crippen LogP contribution in [0.3, 0.4) is 0 Å². The maximum atomic E-state index is 14.2. The second kappa shape index (κ2) is 10.5. The third-order valence-corrected chi connectivity index (χ3v) is 4.98. The summed E-state index contributed by atoms with van der Waals surface area (Å²) in [6.07, 6.45) is 2.13. The lowest BCUT2D eigenvalue weighted by Crippen LogP contribution is -2.24. The molecule has 0 amide bonds. The van der Waals surface area contributed by atoms with Crippen LogP contribution in [0, 0.1) is 5.82 Å². The number of aliphatic hydroxyl groups excluding tert-OH is 1. The largest absolute Gasteiger partial charge is 0.451 e. The molecule has 0 saturated heterocycles. The Kier molecular flexibility index (Phi) is 8.41. The fourth-order valence-electron chi connectivity index (χ4n) is 2.77. The fourth-order valence-corrected chi connectivity index (χ4v) is 3.60. The zero-order valence-corrected chi connectivity index (χ0v) is 17.4. The van der Waals surface area contributed by atoms with Crippen LogP contribution in [-0.4, -0.2) is 36.6 Å². The molecule has 0 atom stereocenters. The molecule has 0 unspecified atom stereocenters. The van der Waals surface area contributed by atoms with E-state index in [1.54, 1.807) is 18.2 Å². The van der Waals surface area contributed by atoms with E-state index >= 15 is 0 Å². The van der Waals surface area contributed by atoms with Crippen LogP contribution in [-0.2, 0) is 6.61 Å². The Morgan fingerprint density at radius 2 is 1.89 bits per heavy atom. The van der Waals surface area contributed by atoms with E-state index in [2.05, 4.69) is 18.7 Å². The number of hydrogen-bond acceptors (Lipinski definition) is 5. The highest BCUT2D eigenvalue weighted by Gasteiger charge is 2.20. The molecular weight excluding hydrogens is 363 g/mol. The van der Waals surface area contributed by atoms with E-state index in [0.717, 1.165) is 42.1 Å². The van der Waals surface area contributed by atoms with Gasteiger partial charge in [-0.05, 0) is 69.2 Å². The Balaban J connectivity index is 2.57. The molecule has 0 radical (unpaired) electrons. The van der Waals surface area contributed by atoms with Gasteiger partial charge in [-0.2, -0.15) is 0 Å². The number of rotatable bonds is 10. The molecule has 0 spiro atoms. The van der Waals surface area contributed by atoms with Crippen molar-refractivity contribution in [3.05, 3.63) is 47.8 Å². The Morgan fingerprint density at radius 1 is 1.15 bits per heavy atom. The number of nitrogens with zero attached hydrogens (tertiary/aromatic N) is 2. The lowest BCUT2D eigenvalue weighted by molar-refractivity contribution is 0.281. The number of benzene rings is 2. The van der Waals surface area contributed by atoms with Crippen molar-refractivity contribution in [2.75, 3.05) is 32.1 Å². The summed E-state index contributed by atoms with van der Waals surface area (Å²) in [5, 5.41) is 9.73. The van der Waals surface area contributed by atoms with Gasteiger partial charge in [0, 0.05) is 13.1 Å². The Labute approximate surface area is 166 Å². The molecule has 0 aliphatic heterocycles. The van der Waals surface area contributed by atoms with Crippen LogP contribution < -0.4 is 9.64 Å². The standard InChI is InChI=1S/C21H29FN2O2S/c1-5-7-12-24(6-2)18-13-16(15-25)14-20(27-23(3)4)21(18)26-19-11-9-8-10-17(19)22/h8-11,13-14,25H,5-7,12,15H2,1-4H3. The first-order valence-corrected chi connectivity index (χ1v) is 10.1. The van der Waals surface area contributed by atoms with Gasteiger partial charge in [-0.1, -0.05) is 25.5 Å². The van der Waals surface area contributed by atoms with Gasteiger partial charge in [-0.25, -0.2) is 4.39 Å². The van der Waals surface area contributed by atoms with Gasteiger partial charge < -0.3 is 14.7 Å². The van der Waals surface area contributed by atoms with Gasteiger partial charge in [0.15, 0.2) is 17.3 Å².